The molecule has 1 saturated carbocycles. The maximum atomic E-state index is 13.2. The predicted octanol–water partition coefficient (Wildman–Crippen LogP) is 4.12. The zero-order chi connectivity index (χ0) is 20.1. The second-order valence-electron chi connectivity index (χ2n) is 8.20. The SMILES string of the molecule is O=S(=O)(CC1CCCCC1)N1CCCC[C@H]1c1noc(NCc2ccccc2)n1. The van der Waals surface area contributed by atoms with Crippen molar-refractivity contribution in [1.82, 2.24) is 14.4 Å². The Kier molecular flexibility index (Phi) is 6.50. The Bertz CT molecular complexity index is 878. The molecule has 1 aliphatic heterocycles. The van der Waals surface area contributed by atoms with Crippen LogP contribution in [0.2, 0.25) is 0 Å². The fourth-order valence-electron chi connectivity index (χ4n) is 4.46. The van der Waals surface area contributed by atoms with Crippen molar-refractivity contribution in [1.29, 1.82) is 0 Å². The fourth-order valence-corrected chi connectivity index (χ4v) is 6.57. The summed E-state index contributed by atoms with van der Waals surface area (Å²) in [5.41, 5.74) is 1.11. The van der Waals surface area contributed by atoms with E-state index in [1.165, 1.54) is 6.42 Å². The van der Waals surface area contributed by atoms with Crippen LogP contribution in [0.4, 0.5) is 6.01 Å². The van der Waals surface area contributed by atoms with Gasteiger partial charge in [-0.25, -0.2) is 8.42 Å². The molecule has 8 heteroatoms. The Morgan fingerprint density at radius 3 is 2.59 bits per heavy atom. The number of nitrogens with zero attached hydrogens (tertiary/aromatic N) is 3. The third-order valence-electron chi connectivity index (χ3n) is 6.01. The summed E-state index contributed by atoms with van der Waals surface area (Å²) in [5.74, 6) is 0.998. The van der Waals surface area contributed by atoms with Crippen LogP contribution < -0.4 is 5.32 Å². The highest BCUT2D eigenvalue weighted by Crippen LogP contribution is 2.34. The zero-order valence-electron chi connectivity index (χ0n) is 16.8. The van der Waals surface area contributed by atoms with Gasteiger partial charge in [0.2, 0.25) is 10.0 Å². The van der Waals surface area contributed by atoms with E-state index in [1.54, 1.807) is 4.31 Å². The van der Waals surface area contributed by atoms with Gasteiger partial charge in [0.25, 0.3) is 0 Å². The smallest absolute Gasteiger partial charge is 0.321 e. The molecule has 1 atom stereocenters. The number of hydrogen-bond donors (Lipinski definition) is 1. The van der Waals surface area contributed by atoms with Crippen molar-refractivity contribution in [3.05, 3.63) is 41.7 Å². The highest BCUT2D eigenvalue weighted by atomic mass is 32.2. The molecule has 0 bridgehead atoms. The second kappa shape index (κ2) is 9.26. The van der Waals surface area contributed by atoms with Gasteiger partial charge in [0.05, 0.1) is 11.8 Å². The van der Waals surface area contributed by atoms with Crippen LogP contribution >= 0.6 is 0 Å². The number of anilines is 1. The quantitative estimate of drug-likeness (QED) is 0.728. The Balaban J connectivity index is 1.43. The van der Waals surface area contributed by atoms with E-state index in [-0.39, 0.29) is 17.7 Å². The van der Waals surface area contributed by atoms with Gasteiger partial charge in [0.1, 0.15) is 0 Å². The van der Waals surface area contributed by atoms with Crippen molar-refractivity contribution in [2.75, 3.05) is 17.6 Å². The third kappa shape index (κ3) is 5.17. The van der Waals surface area contributed by atoms with Gasteiger partial charge in [-0.1, -0.05) is 61.2 Å². The largest absolute Gasteiger partial charge is 0.334 e. The molecule has 0 unspecified atom stereocenters. The summed E-state index contributed by atoms with van der Waals surface area (Å²) in [7, 11) is -3.34. The minimum atomic E-state index is -3.34. The number of sulfonamides is 1. The molecule has 2 fully saturated rings. The van der Waals surface area contributed by atoms with E-state index in [2.05, 4.69) is 15.5 Å². The Hall–Kier alpha value is -1.93. The standard InChI is InChI=1S/C21H30N4O3S/c26-29(27,16-18-11-5-2-6-12-18)25-14-8-7-13-19(25)20-23-21(28-24-20)22-15-17-9-3-1-4-10-17/h1,3-4,9-10,18-19H,2,5-8,11-16H2,(H,22,23,24)/t19-/m0/s1. The number of benzene rings is 1. The van der Waals surface area contributed by atoms with Gasteiger partial charge in [-0.05, 0) is 37.2 Å². The molecule has 1 saturated heterocycles. The molecule has 158 valence electrons. The van der Waals surface area contributed by atoms with Crippen LogP contribution in [0.5, 0.6) is 0 Å². The predicted molar refractivity (Wildman–Crippen MR) is 112 cm³/mol. The van der Waals surface area contributed by atoms with Gasteiger partial charge >= 0.3 is 6.01 Å². The maximum absolute atomic E-state index is 13.2. The second-order valence-corrected chi connectivity index (χ2v) is 10.2. The van der Waals surface area contributed by atoms with Crippen molar-refractivity contribution >= 4 is 16.0 Å². The first-order chi connectivity index (χ1) is 14.1. The molecule has 1 aromatic heterocycles. The summed E-state index contributed by atoms with van der Waals surface area (Å²) < 4.78 is 33.4. The summed E-state index contributed by atoms with van der Waals surface area (Å²) >= 11 is 0. The lowest BCUT2D eigenvalue weighted by Crippen LogP contribution is -2.41. The average molecular weight is 419 g/mol. The minimum absolute atomic E-state index is 0.250. The van der Waals surface area contributed by atoms with E-state index < -0.39 is 10.0 Å². The van der Waals surface area contributed by atoms with Crippen LogP contribution in [0, 0.1) is 5.92 Å². The topological polar surface area (TPSA) is 88.3 Å². The molecular formula is C21H30N4O3S. The monoisotopic (exact) mass is 418 g/mol. The molecule has 2 aromatic rings. The summed E-state index contributed by atoms with van der Waals surface area (Å²) in [6.07, 6.45) is 8.15. The lowest BCUT2D eigenvalue weighted by molar-refractivity contribution is 0.238. The lowest BCUT2D eigenvalue weighted by atomic mass is 9.91. The number of aromatic nitrogens is 2. The van der Waals surface area contributed by atoms with E-state index in [4.69, 9.17) is 4.52 Å². The van der Waals surface area contributed by atoms with E-state index in [0.717, 1.165) is 50.5 Å². The van der Waals surface area contributed by atoms with Gasteiger partial charge in [-0.2, -0.15) is 9.29 Å². The first kappa shape index (κ1) is 20.3. The molecule has 4 rings (SSSR count). The van der Waals surface area contributed by atoms with Gasteiger partial charge in [-0.15, -0.1) is 0 Å². The van der Waals surface area contributed by atoms with Crippen LogP contribution in [0.15, 0.2) is 34.9 Å². The van der Waals surface area contributed by atoms with Crippen LogP contribution in [-0.4, -0.2) is 35.2 Å². The Morgan fingerprint density at radius 1 is 1.03 bits per heavy atom. The van der Waals surface area contributed by atoms with Crippen molar-refractivity contribution in [3.8, 4) is 0 Å². The molecule has 1 N–H and O–H groups in total. The van der Waals surface area contributed by atoms with Crippen LogP contribution in [0.3, 0.4) is 0 Å². The highest BCUT2D eigenvalue weighted by Gasteiger charge is 2.37. The van der Waals surface area contributed by atoms with Crippen LogP contribution in [-0.2, 0) is 16.6 Å². The number of hydrogen-bond acceptors (Lipinski definition) is 6. The molecular weight excluding hydrogens is 388 g/mol. The van der Waals surface area contributed by atoms with Crippen molar-refractivity contribution < 1.29 is 12.9 Å². The molecule has 1 aromatic carbocycles. The summed E-state index contributed by atoms with van der Waals surface area (Å²) in [5, 5.41) is 7.24. The van der Waals surface area contributed by atoms with Gasteiger partial charge in [-0.3, -0.25) is 0 Å². The fraction of sp³-hybridized carbons (Fsp3) is 0.619. The number of rotatable bonds is 7. The Morgan fingerprint density at radius 2 is 1.79 bits per heavy atom. The van der Waals surface area contributed by atoms with Crippen molar-refractivity contribution in [2.24, 2.45) is 5.92 Å². The van der Waals surface area contributed by atoms with E-state index in [9.17, 15) is 8.42 Å². The summed E-state index contributed by atoms with van der Waals surface area (Å²) in [6.45, 7) is 1.12. The molecule has 2 heterocycles. The lowest BCUT2D eigenvalue weighted by Gasteiger charge is -2.34. The zero-order valence-corrected chi connectivity index (χ0v) is 17.6. The van der Waals surface area contributed by atoms with E-state index in [1.807, 2.05) is 30.3 Å². The minimum Gasteiger partial charge on any atom is -0.334 e. The molecule has 2 aliphatic rings. The summed E-state index contributed by atoms with van der Waals surface area (Å²) in [4.78, 5) is 4.46. The van der Waals surface area contributed by atoms with Gasteiger partial charge in [0.15, 0.2) is 5.82 Å². The molecule has 1 aliphatic carbocycles. The van der Waals surface area contributed by atoms with E-state index >= 15 is 0 Å². The normalized spacial score (nSPS) is 21.9. The number of nitrogens with one attached hydrogen (secondary N) is 1. The molecule has 0 radical (unpaired) electrons. The van der Waals surface area contributed by atoms with E-state index in [0.29, 0.717) is 24.9 Å². The van der Waals surface area contributed by atoms with Crippen LogP contribution in [0.25, 0.3) is 0 Å². The molecule has 0 amide bonds. The molecule has 0 spiro atoms. The van der Waals surface area contributed by atoms with Gasteiger partial charge < -0.3 is 9.84 Å². The van der Waals surface area contributed by atoms with Crippen LogP contribution in [0.1, 0.15) is 68.8 Å². The summed E-state index contributed by atoms with van der Waals surface area (Å²) in [6, 6.07) is 9.98. The highest BCUT2D eigenvalue weighted by molar-refractivity contribution is 7.89. The Labute approximate surface area is 172 Å². The molecule has 7 nitrogen and oxygen atoms in total. The van der Waals surface area contributed by atoms with Crippen molar-refractivity contribution in [3.63, 3.8) is 0 Å². The van der Waals surface area contributed by atoms with Crippen molar-refractivity contribution in [2.45, 2.75) is 64.0 Å². The molecule has 29 heavy (non-hydrogen) atoms. The third-order valence-corrected chi connectivity index (χ3v) is 8.05. The average Bonchev–Trinajstić information content (AvgIpc) is 3.22. The first-order valence-electron chi connectivity index (χ1n) is 10.7. The maximum Gasteiger partial charge on any atom is 0.321 e. The number of piperidine rings is 1. The van der Waals surface area contributed by atoms with Gasteiger partial charge in [0, 0.05) is 13.1 Å². The first-order valence-corrected chi connectivity index (χ1v) is 12.3.